The molecule has 0 saturated carbocycles. The van der Waals surface area contributed by atoms with E-state index in [1.165, 1.54) is 24.5 Å². The highest BCUT2D eigenvalue weighted by Crippen LogP contribution is 2.32. The van der Waals surface area contributed by atoms with Gasteiger partial charge in [-0.15, -0.1) is 0 Å². The van der Waals surface area contributed by atoms with Crippen molar-refractivity contribution in [2.45, 2.75) is 19.9 Å². The predicted octanol–water partition coefficient (Wildman–Crippen LogP) is 3.85. The number of aromatic nitrogens is 2. The maximum absolute atomic E-state index is 13.0. The highest BCUT2D eigenvalue weighted by Gasteiger charge is 2.29. The Kier molecular flexibility index (Phi) is 6.58. The van der Waals surface area contributed by atoms with Crippen molar-refractivity contribution in [1.29, 1.82) is 0 Å². The van der Waals surface area contributed by atoms with Crippen molar-refractivity contribution in [3.63, 3.8) is 0 Å². The van der Waals surface area contributed by atoms with Crippen molar-refractivity contribution in [1.82, 2.24) is 14.9 Å². The molecule has 34 heavy (non-hydrogen) atoms. The van der Waals surface area contributed by atoms with E-state index in [4.69, 9.17) is 9.47 Å². The summed E-state index contributed by atoms with van der Waals surface area (Å²) in [6, 6.07) is 13.1. The first-order chi connectivity index (χ1) is 16.4. The van der Waals surface area contributed by atoms with E-state index in [0.29, 0.717) is 48.4 Å². The van der Waals surface area contributed by atoms with Crippen molar-refractivity contribution in [2.75, 3.05) is 31.6 Å². The second kappa shape index (κ2) is 9.74. The molecule has 0 radical (unpaired) electrons. The number of nitro groups is 1. The number of anilines is 1. The Balaban J connectivity index is 1.46. The summed E-state index contributed by atoms with van der Waals surface area (Å²) in [5, 5.41) is 11.1. The average Bonchev–Trinajstić information content (AvgIpc) is 2.85. The lowest BCUT2D eigenvalue weighted by molar-refractivity contribution is -0.384. The second-order valence-corrected chi connectivity index (χ2v) is 8.07. The number of hydrogen-bond acceptors (Lipinski definition) is 8. The van der Waals surface area contributed by atoms with Crippen LogP contribution in [0.15, 0.2) is 54.9 Å². The molecule has 0 aliphatic carbocycles. The summed E-state index contributed by atoms with van der Waals surface area (Å²) in [5.74, 6) is 2.01. The summed E-state index contributed by atoms with van der Waals surface area (Å²) in [5.41, 5.74) is 1.26. The number of aryl methyl sites for hydroxylation is 1. The van der Waals surface area contributed by atoms with E-state index in [1.54, 1.807) is 24.1 Å². The summed E-state index contributed by atoms with van der Waals surface area (Å²) in [6.45, 7) is 5.46. The van der Waals surface area contributed by atoms with Crippen molar-refractivity contribution in [3.8, 4) is 17.4 Å². The molecule has 2 aromatic carbocycles. The molecule has 1 aliphatic heterocycles. The van der Waals surface area contributed by atoms with Gasteiger partial charge >= 0.3 is 0 Å². The van der Waals surface area contributed by atoms with E-state index in [9.17, 15) is 14.9 Å². The topological polar surface area (TPSA) is 111 Å². The predicted molar refractivity (Wildman–Crippen MR) is 126 cm³/mol. The first-order valence-electron chi connectivity index (χ1n) is 10.8. The van der Waals surface area contributed by atoms with Gasteiger partial charge in [0.1, 0.15) is 12.1 Å². The minimum Gasteiger partial charge on any atom is -0.493 e. The molecule has 10 nitrogen and oxygen atoms in total. The molecule has 1 aliphatic rings. The molecule has 1 amide bonds. The lowest BCUT2D eigenvalue weighted by Gasteiger charge is -2.40. The quantitative estimate of drug-likeness (QED) is 0.400. The summed E-state index contributed by atoms with van der Waals surface area (Å²) in [7, 11) is 1.59. The van der Waals surface area contributed by atoms with Gasteiger partial charge < -0.3 is 19.3 Å². The van der Waals surface area contributed by atoms with Crippen molar-refractivity contribution >= 4 is 17.4 Å². The van der Waals surface area contributed by atoms with Crippen LogP contribution in [0, 0.1) is 17.0 Å². The zero-order valence-corrected chi connectivity index (χ0v) is 19.2. The third-order valence-corrected chi connectivity index (χ3v) is 5.68. The number of non-ortho nitro benzene ring substituents is 1. The number of hydrogen-bond donors (Lipinski definition) is 0. The van der Waals surface area contributed by atoms with Crippen LogP contribution in [0.1, 0.15) is 22.8 Å². The van der Waals surface area contributed by atoms with Crippen LogP contribution in [0.4, 0.5) is 11.5 Å². The molecule has 1 atom stereocenters. The Morgan fingerprint density at radius 3 is 2.68 bits per heavy atom. The van der Waals surface area contributed by atoms with Gasteiger partial charge in [0.2, 0.25) is 5.88 Å². The fourth-order valence-corrected chi connectivity index (χ4v) is 3.92. The van der Waals surface area contributed by atoms with Crippen LogP contribution in [0.25, 0.3) is 0 Å². The molecule has 0 bridgehead atoms. The number of piperazine rings is 1. The van der Waals surface area contributed by atoms with E-state index >= 15 is 0 Å². The van der Waals surface area contributed by atoms with Gasteiger partial charge in [0.05, 0.1) is 12.0 Å². The molecule has 0 spiro atoms. The van der Waals surface area contributed by atoms with Crippen molar-refractivity contribution in [3.05, 3.63) is 76.1 Å². The van der Waals surface area contributed by atoms with E-state index in [1.807, 2.05) is 32.0 Å². The number of carbonyl (C=O) groups excluding carboxylic acids is 1. The Labute approximate surface area is 196 Å². The van der Waals surface area contributed by atoms with Gasteiger partial charge in [-0.25, -0.2) is 9.97 Å². The fourth-order valence-electron chi connectivity index (χ4n) is 3.92. The average molecular weight is 463 g/mol. The van der Waals surface area contributed by atoms with Gasteiger partial charge in [-0.05, 0) is 37.6 Å². The summed E-state index contributed by atoms with van der Waals surface area (Å²) < 4.78 is 11.3. The van der Waals surface area contributed by atoms with Gasteiger partial charge in [0, 0.05) is 49.4 Å². The van der Waals surface area contributed by atoms with E-state index in [2.05, 4.69) is 14.9 Å². The Hall–Kier alpha value is -4.21. The Bertz CT molecular complexity index is 1220. The molecular weight excluding hydrogens is 438 g/mol. The van der Waals surface area contributed by atoms with E-state index in [0.717, 1.165) is 5.56 Å². The summed E-state index contributed by atoms with van der Waals surface area (Å²) in [4.78, 5) is 35.9. The van der Waals surface area contributed by atoms with Crippen LogP contribution >= 0.6 is 0 Å². The van der Waals surface area contributed by atoms with Crippen LogP contribution in [-0.2, 0) is 0 Å². The maximum Gasteiger partial charge on any atom is 0.270 e. The molecule has 1 fully saturated rings. The molecule has 0 N–H and O–H groups in total. The lowest BCUT2D eigenvalue weighted by Crippen LogP contribution is -2.54. The van der Waals surface area contributed by atoms with Crippen LogP contribution in [0.2, 0.25) is 0 Å². The van der Waals surface area contributed by atoms with Gasteiger partial charge in [0.15, 0.2) is 11.5 Å². The van der Waals surface area contributed by atoms with Crippen LogP contribution < -0.4 is 14.4 Å². The molecule has 176 valence electrons. The normalized spacial score (nSPS) is 15.7. The van der Waals surface area contributed by atoms with Crippen molar-refractivity contribution in [2.24, 2.45) is 0 Å². The minimum absolute atomic E-state index is 0.101. The zero-order chi connectivity index (χ0) is 24.2. The lowest BCUT2D eigenvalue weighted by atomic mass is 10.1. The maximum atomic E-state index is 13.0. The van der Waals surface area contributed by atoms with E-state index in [-0.39, 0.29) is 17.6 Å². The van der Waals surface area contributed by atoms with Crippen LogP contribution in [0.5, 0.6) is 17.4 Å². The number of rotatable bonds is 6. The minimum atomic E-state index is -0.501. The van der Waals surface area contributed by atoms with E-state index < -0.39 is 4.92 Å². The number of ether oxygens (including phenoxy) is 2. The molecule has 3 aromatic rings. The highest BCUT2D eigenvalue weighted by atomic mass is 16.6. The molecule has 1 aromatic heterocycles. The number of nitro benzene ring substituents is 1. The van der Waals surface area contributed by atoms with Crippen LogP contribution in [0.3, 0.4) is 0 Å². The SMILES string of the molecule is COc1cc(C)ccc1Oc1cc(N2CCN(C(=O)c3cccc([N+](=O)[O-])c3)[C@H](C)C2)ncn1. The van der Waals surface area contributed by atoms with Crippen molar-refractivity contribution < 1.29 is 19.2 Å². The van der Waals surface area contributed by atoms with Gasteiger partial charge in [-0.3, -0.25) is 14.9 Å². The number of benzene rings is 2. The molecule has 0 unspecified atom stereocenters. The standard InChI is InChI=1S/C24H25N5O5/c1-16-7-8-20(21(11-16)33-3)34-23-13-22(25-15-26-23)27-9-10-28(17(2)14-27)24(30)18-5-4-6-19(12-18)29(31)32/h4-8,11-13,15,17H,9-10,14H2,1-3H3/t17-/m1/s1. The monoisotopic (exact) mass is 463 g/mol. The number of carbonyl (C=O) groups is 1. The Morgan fingerprint density at radius 1 is 1.12 bits per heavy atom. The van der Waals surface area contributed by atoms with Gasteiger partial charge in [0.25, 0.3) is 11.6 Å². The molecule has 4 rings (SSSR count). The van der Waals surface area contributed by atoms with Gasteiger partial charge in [-0.1, -0.05) is 12.1 Å². The molecule has 1 saturated heterocycles. The molecule has 10 heteroatoms. The smallest absolute Gasteiger partial charge is 0.270 e. The zero-order valence-electron chi connectivity index (χ0n) is 19.2. The van der Waals surface area contributed by atoms with Gasteiger partial charge in [-0.2, -0.15) is 0 Å². The number of nitrogens with zero attached hydrogens (tertiary/aromatic N) is 5. The largest absolute Gasteiger partial charge is 0.493 e. The second-order valence-electron chi connectivity index (χ2n) is 8.07. The summed E-state index contributed by atoms with van der Waals surface area (Å²) in [6.07, 6.45) is 1.44. The number of amides is 1. The highest BCUT2D eigenvalue weighted by molar-refractivity contribution is 5.95. The molecular formula is C24H25N5O5. The fraction of sp³-hybridized carbons (Fsp3) is 0.292. The third kappa shape index (κ3) is 4.90. The first kappa shape index (κ1) is 23.0. The molecule has 2 heterocycles. The summed E-state index contributed by atoms with van der Waals surface area (Å²) >= 11 is 0. The Morgan fingerprint density at radius 2 is 1.94 bits per heavy atom. The third-order valence-electron chi connectivity index (χ3n) is 5.68. The number of methoxy groups -OCH3 is 1. The van der Waals surface area contributed by atoms with Crippen LogP contribution in [-0.4, -0.2) is 58.5 Å². The first-order valence-corrected chi connectivity index (χ1v) is 10.8.